The molecule has 0 saturated carbocycles. The molecule has 124 valence electrons. The summed E-state index contributed by atoms with van der Waals surface area (Å²) < 4.78 is 12.1. The Labute approximate surface area is 142 Å². The number of nitrogens with zero attached hydrogens (tertiary/aromatic N) is 4. The third kappa shape index (κ3) is 3.74. The number of benzene rings is 1. The molecule has 0 radical (unpaired) electrons. The van der Waals surface area contributed by atoms with E-state index in [2.05, 4.69) is 20.6 Å². The van der Waals surface area contributed by atoms with Gasteiger partial charge in [-0.2, -0.15) is 5.10 Å². The Balaban J connectivity index is 1.55. The van der Waals surface area contributed by atoms with Crippen LogP contribution in [0.15, 0.2) is 45.8 Å². The molecule has 3 rings (SSSR count). The van der Waals surface area contributed by atoms with Crippen molar-refractivity contribution in [3.63, 3.8) is 0 Å². The van der Waals surface area contributed by atoms with E-state index in [1.54, 1.807) is 31.1 Å². The van der Waals surface area contributed by atoms with Crippen molar-refractivity contribution >= 4 is 23.7 Å². The van der Waals surface area contributed by atoms with E-state index in [1.165, 1.54) is 11.8 Å². The van der Waals surface area contributed by atoms with Gasteiger partial charge in [0.15, 0.2) is 0 Å². The predicted molar refractivity (Wildman–Crippen MR) is 88.8 cm³/mol. The molecule has 0 aliphatic carbocycles. The van der Waals surface area contributed by atoms with Gasteiger partial charge in [-0.05, 0) is 30.3 Å². The molecular weight excluding hydrogens is 330 g/mol. The number of rotatable bonds is 6. The number of aryl methyl sites for hydroxylation is 1. The minimum atomic E-state index is -0.226. The van der Waals surface area contributed by atoms with Crippen LogP contribution in [0.4, 0.5) is 6.01 Å². The van der Waals surface area contributed by atoms with E-state index in [0.29, 0.717) is 11.6 Å². The summed E-state index contributed by atoms with van der Waals surface area (Å²) in [6.45, 7) is 0. The molecule has 1 aromatic carbocycles. The summed E-state index contributed by atoms with van der Waals surface area (Å²) in [5, 5.41) is 14.3. The van der Waals surface area contributed by atoms with Gasteiger partial charge >= 0.3 is 6.01 Å². The Bertz CT molecular complexity index is 828. The summed E-state index contributed by atoms with van der Waals surface area (Å²) >= 11 is 1.40. The number of hydrogen-bond acceptors (Lipinski definition) is 7. The Morgan fingerprint density at radius 2 is 2.08 bits per heavy atom. The van der Waals surface area contributed by atoms with Crippen molar-refractivity contribution in [2.24, 2.45) is 7.05 Å². The Morgan fingerprint density at radius 1 is 1.29 bits per heavy atom. The lowest BCUT2D eigenvalue weighted by Gasteiger charge is -2.03. The molecule has 0 aliphatic heterocycles. The van der Waals surface area contributed by atoms with Gasteiger partial charge in [0.25, 0.3) is 5.89 Å². The average molecular weight is 345 g/mol. The van der Waals surface area contributed by atoms with Gasteiger partial charge in [0.05, 0.1) is 12.9 Å². The number of ether oxygens (including phenoxy) is 1. The fourth-order valence-corrected chi connectivity index (χ4v) is 2.64. The third-order valence-electron chi connectivity index (χ3n) is 3.14. The molecule has 0 saturated heterocycles. The minimum absolute atomic E-state index is 0.0616. The van der Waals surface area contributed by atoms with E-state index in [-0.39, 0.29) is 17.7 Å². The highest BCUT2D eigenvalue weighted by Gasteiger charge is 2.13. The van der Waals surface area contributed by atoms with Crippen LogP contribution in [-0.2, 0) is 11.8 Å². The summed E-state index contributed by atoms with van der Waals surface area (Å²) in [5.41, 5.74) is 0.676. The summed E-state index contributed by atoms with van der Waals surface area (Å²) in [6, 6.07) is 9.29. The molecule has 1 amide bonds. The second-order valence-corrected chi connectivity index (χ2v) is 5.81. The number of methoxy groups -OCH3 is 1. The molecule has 0 bridgehead atoms. The molecule has 9 heteroatoms. The topological polar surface area (TPSA) is 95.1 Å². The fraction of sp³-hybridized carbons (Fsp3) is 0.200. The second-order valence-electron chi connectivity index (χ2n) is 4.76. The molecule has 8 nitrogen and oxygen atoms in total. The molecule has 0 fully saturated rings. The van der Waals surface area contributed by atoms with Gasteiger partial charge in [-0.3, -0.25) is 14.8 Å². The van der Waals surface area contributed by atoms with E-state index in [4.69, 9.17) is 9.15 Å². The van der Waals surface area contributed by atoms with Gasteiger partial charge < -0.3 is 9.15 Å². The number of hydrogen-bond donors (Lipinski definition) is 1. The molecule has 1 N–H and O–H groups in total. The molecule has 0 spiro atoms. The molecule has 2 heterocycles. The number of anilines is 1. The molecule has 0 atom stereocenters. The Kier molecular flexibility index (Phi) is 4.80. The number of carbonyl (C=O) groups excluding carboxylic acids is 1. The smallest absolute Gasteiger partial charge is 0.322 e. The lowest BCUT2D eigenvalue weighted by atomic mass is 10.3. The number of thioether (sulfide) groups is 1. The van der Waals surface area contributed by atoms with E-state index in [0.717, 1.165) is 10.6 Å². The SMILES string of the molecule is COc1ccc(SCC(=O)Nc2nnc(-c3ccnn3C)o2)cc1. The normalized spacial score (nSPS) is 10.6. The van der Waals surface area contributed by atoms with Gasteiger partial charge in [0.1, 0.15) is 11.4 Å². The highest BCUT2D eigenvalue weighted by Crippen LogP contribution is 2.22. The van der Waals surface area contributed by atoms with Crippen molar-refractivity contribution < 1.29 is 13.9 Å². The van der Waals surface area contributed by atoms with Crippen LogP contribution in [0.25, 0.3) is 11.6 Å². The van der Waals surface area contributed by atoms with Crippen molar-refractivity contribution in [2.75, 3.05) is 18.2 Å². The Hall–Kier alpha value is -2.81. The summed E-state index contributed by atoms with van der Waals surface area (Å²) in [7, 11) is 3.38. The quantitative estimate of drug-likeness (QED) is 0.684. The zero-order valence-corrected chi connectivity index (χ0v) is 13.9. The van der Waals surface area contributed by atoms with Gasteiger partial charge in [-0.15, -0.1) is 16.9 Å². The first-order valence-electron chi connectivity index (χ1n) is 7.04. The molecule has 3 aromatic rings. The van der Waals surface area contributed by atoms with Crippen LogP contribution in [-0.4, -0.2) is 38.7 Å². The van der Waals surface area contributed by atoms with E-state index >= 15 is 0 Å². The molecule has 2 aromatic heterocycles. The number of amides is 1. The highest BCUT2D eigenvalue weighted by molar-refractivity contribution is 8.00. The first-order valence-corrected chi connectivity index (χ1v) is 8.03. The van der Waals surface area contributed by atoms with E-state index in [1.807, 2.05) is 24.3 Å². The lowest BCUT2D eigenvalue weighted by molar-refractivity contribution is -0.113. The van der Waals surface area contributed by atoms with Crippen LogP contribution in [0.1, 0.15) is 0 Å². The zero-order chi connectivity index (χ0) is 16.9. The van der Waals surface area contributed by atoms with Gasteiger partial charge in [-0.1, -0.05) is 5.10 Å². The maximum absolute atomic E-state index is 12.0. The Morgan fingerprint density at radius 3 is 2.75 bits per heavy atom. The van der Waals surface area contributed by atoms with Crippen LogP contribution in [0, 0.1) is 0 Å². The van der Waals surface area contributed by atoms with E-state index < -0.39 is 0 Å². The van der Waals surface area contributed by atoms with Crippen molar-refractivity contribution in [3.8, 4) is 17.3 Å². The zero-order valence-electron chi connectivity index (χ0n) is 13.1. The van der Waals surface area contributed by atoms with Gasteiger partial charge in [-0.25, -0.2) is 0 Å². The van der Waals surface area contributed by atoms with Gasteiger partial charge in [0, 0.05) is 18.1 Å². The lowest BCUT2D eigenvalue weighted by Crippen LogP contribution is -2.14. The van der Waals surface area contributed by atoms with Crippen LogP contribution in [0.5, 0.6) is 5.75 Å². The molecule has 0 aliphatic rings. The number of carbonyl (C=O) groups is 1. The molecule has 0 unspecified atom stereocenters. The number of aromatic nitrogens is 4. The van der Waals surface area contributed by atoms with Crippen molar-refractivity contribution in [3.05, 3.63) is 36.5 Å². The fourth-order valence-electron chi connectivity index (χ4n) is 1.94. The van der Waals surface area contributed by atoms with Gasteiger partial charge in [0.2, 0.25) is 5.91 Å². The third-order valence-corrected chi connectivity index (χ3v) is 4.15. The maximum Gasteiger partial charge on any atom is 0.322 e. The predicted octanol–water partition coefficient (Wildman–Crippen LogP) is 2.21. The molecule has 24 heavy (non-hydrogen) atoms. The minimum Gasteiger partial charge on any atom is -0.497 e. The van der Waals surface area contributed by atoms with Crippen LogP contribution >= 0.6 is 11.8 Å². The van der Waals surface area contributed by atoms with Crippen LogP contribution < -0.4 is 10.1 Å². The van der Waals surface area contributed by atoms with Crippen molar-refractivity contribution in [1.29, 1.82) is 0 Å². The summed E-state index contributed by atoms with van der Waals surface area (Å²) in [6.07, 6.45) is 1.63. The maximum atomic E-state index is 12.0. The highest BCUT2D eigenvalue weighted by atomic mass is 32.2. The summed E-state index contributed by atoms with van der Waals surface area (Å²) in [4.78, 5) is 12.9. The second kappa shape index (κ2) is 7.18. The van der Waals surface area contributed by atoms with Crippen LogP contribution in [0.2, 0.25) is 0 Å². The monoisotopic (exact) mass is 345 g/mol. The van der Waals surface area contributed by atoms with Crippen molar-refractivity contribution in [1.82, 2.24) is 20.0 Å². The summed E-state index contributed by atoms with van der Waals surface area (Å²) in [5.74, 6) is 1.08. The molecular formula is C15H15N5O3S. The largest absolute Gasteiger partial charge is 0.497 e. The van der Waals surface area contributed by atoms with E-state index in [9.17, 15) is 4.79 Å². The average Bonchev–Trinajstić information content (AvgIpc) is 3.22. The van der Waals surface area contributed by atoms with Crippen molar-refractivity contribution in [2.45, 2.75) is 4.90 Å². The van der Waals surface area contributed by atoms with Crippen LogP contribution in [0.3, 0.4) is 0 Å². The first-order chi connectivity index (χ1) is 11.7. The standard InChI is InChI=1S/C15H15N5O3S/c1-20-12(7-8-16-20)14-18-19-15(23-14)17-13(21)9-24-11-5-3-10(22-2)4-6-11/h3-8H,9H2,1-2H3,(H,17,19,21). The first kappa shape index (κ1) is 16.1. The number of nitrogens with one attached hydrogen (secondary N) is 1.